The highest BCUT2D eigenvalue weighted by molar-refractivity contribution is 7.99. The highest BCUT2D eigenvalue weighted by Gasteiger charge is 2.55. The number of rotatable bonds is 21. The van der Waals surface area contributed by atoms with Crippen molar-refractivity contribution in [2.45, 2.75) is 116 Å². The molecule has 11 nitrogen and oxygen atoms in total. The van der Waals surface area contributed by atoms with Crippen LogP contribution in [0.1, 0.15) is 86.6 Å². The Morgan fingerprint density at radius 1 is 1.04 bits per heavy atom. The van der Waals surface area contributed by atoms with E-state index >= 15 is 0 Å². The first-order chi connectivity index (χ1) is 24.8. The molecule has 1 aliphatic heterocycles. The minimum atomic E-state index is -1.22. The fourth-order valence-corrected chi connectivity index (χ4v) is 10.2. The summed E-state index contributed by atoms with van der Waals surface area (Å²) < 4.78 is 6.11. The topological polar surface area (TPSA) is 137 Å². The average Bonchev–Trinajstić information content (AvgIpc) is 3.59. The number of nitrogens with two attached hydrogens (primary N) is 1. The Bertz CT molecular complexity index is 1350. The van der Waals surface area contributed by atoms with E-state index in [9.17, 15) is 24.3 Å². The van der Waals surface area contributed by atoms with Gasteiger partial charge in [0.1, 0.15) is 11.3 Å². The summed E-state index contributed by atoms with van der Waals surface area (Å²) in [5.41, 5.74) is 5.87. The molecule has 302 valence electrons. The molecule has 12 heteroatoms. The van der Waals surface area contributed by atoms with Gasteiger partial charge in [0.15, 0.2) is 0 Å². The predicted molar refractivity (Wildman–Crippen MR) is 215 cm³/mol. The zero-order valence-corrected chi connectivity index (χ0v) is 35.7. The Balaban J connectivity index is 2.37. The molecule has 1 heterocycles. The van der Waals surface area contributed by atoms with Crippen LogP contribution in [-0.4, -0.2) is 131 Å². The molecule has 1 fully saturated rings. The van der Waals surface area contributed by atoms with Crippen LogP contribution >= 0.6 is 11.8 Å². The largest absolute Gasteiger partial charge is 0.508 e. The van der Waals surface area contributed by atoms with Crippen LogP contribution in [0.2, 0.25) is 0 Å². The van der Waals surface area contributed by atoms with E-state index in [1.165, 1.54) is 0 Å². The van der Waals surface area contributed by atoms with Gasteiger partial charge in [-0.2, -0.15) is 11.8 Å². The van der Waals surface area contributed by atoms with Gasteiger partial charge < -0.3 is 30.3 Å². The number of hydrogen-bond donors (Lipinski definition) is 2. The van der Waals surface area contributed by atoms with Crippen LogP contribution in [0.25, 0.3) is 0 Å². The Labute approximate surface area is 324 Å². The number of methoxy groups -OCH3 is 1. The van der Waals surface area contributed by atoms with E-state index in [0.717, 1.165) is 30.6 Å². The maximum absolute atomic E-state index is 14.7. The van der Waals surface area contributed by atoms with E-state index in [0.29, 0.717) is 19.5 Å². The van der Waals surface area contributed by atoms with Crippen LogP contribution in [0, 0.1) is 29.6 Å². The number of likely N-dealkylation sites (tertiary alicyclic amines) is 1. The van der Waals surface area contributed by atoms with Crippen LogP contribution in [0.4, 0.5) is 0 Å². The molecule has 0 radical (unpaired) electrons. The van der Waals surface area contributed by atoms with Crippen LogP contribution < -0.4 is 5.73 Å². The number of amides is 4. The lowest BCUT2D eigenvalue weighted by Gasteiger charge is -2.49. The molecule has 1 aliphatic rings. The van der Waals surface area contributed by atoms with Crippen molar-refractivity contribution in [3.05, 3.63) is 29.8 Å². The van der Waals surface area contributed by atoms with Gasteiger partial charge in [-0.15, -0.1) is 0 Å². The monoisotopic (exact) mass is 762 g/mol. The van der Waals surface area contributed by atoms with E-state index in [1.807, 2.05) is 52.6 Å². The maximum atomic E-state index is 14.7. The van der Waals surface area contributed by atoms with Crippen molar-refractivity contribution in [2.24, 2.45) is 35.3 Å². The molecule has 4 amide bonds. The van der Waals surface area contributed by atoms with Gasteiger partial charge in [0.25, 0.3) is 0 Å². The Morgan fingerprint density at radius 3 is 2.17 bits per heavy atom. The molecule has 0 aliphatic carbocycles. The summed E-state index contributed by atoms with van der Waals surface area (Å²) in [7, 11) is 8.79. The fourth-order valence-electron chi connectivity index (χ4n) is 8.86. The van der Waals surface area contributed by atoms with Crippen LogP contribution in [0.3, 0.4) is 0 Å². The molecule has 3 N–H and O–H groups in total. The Morgan fingerprint density at radius 2 is 1.68 bits per heavy atom. The first-order valence-electron chi connectivity index (χ1n) is 19.5. The maximum Gasteiger partial charge on any atom is 0.239 e. The number of phenols is 1. The van der Waals surface area contributed by atoms with Crippen molar-refractivity contribution in [1.82, 2.24) is 19.6 Å². The van der Waals surface area contributed by atoms with E-state index in [-0.39, 0.29) is 64.9 Å². The normalized spacial score (nSPS) is 19.4. The van der Waals surface area contributed by atoms with Gasteiger partial charge in [0.05, 0.1) is 24.5 Å². The van der Waals surface area contributed by atoms with Gasteiger partial charge in [0, 0.05) is 51.5 Å². The van der Waals surface area contributed by atoms with Gasteiger partial charge in [0.2, 0.25) is 23.6 Å². The molecule has 8 atom stereocenters. The van der Waals surface area contributed by atoms with Gasteiger partial charge in [-0.05, 0) is 74.6 Å². The van der Waals surface area contributed by atoms with E-state index in [1.54, 1.807) is 72.9 Å². The van der Waals surface area contributed by atoms with Crippen molar-refractivity contribution < 1.29 is 29.0 Å². The zero-order valence-electron chi connectivity index (χ0n) is 34.9. The molecular formula is C41H71N5O6S. The van der Waals surface area contributed by atoms with Gasteiger partial charge in [-0.3, -0.25) is 24.1 Å². The first kappa shape index (κ1) is 46.3. The lowest BCUT2D eigenvalue weighted by molar-refractivity contribution is -0.159. The van der Waals surface area contributed by atoms with Crippen molar-refractivity contribution in [3.8, 4) is 5.75 Å². The molecule has 1 saturated heterocycles. The summed E-state index contributed by atoms with van der Waals surface area (Å²) in [5, 5.41) is 9.77. The third-order valence-electron chi connectivity index (χ3n) is 11.8. The second kappa shape index (κ2) is 20.7. The van der Waals surface area contributed by atoms with Gasteiger partial charge in [-0.1, -0.05) is 73.9 Å². The molecule has 53 heavy (non-hydrogen) atoms. The number of hydrogen-bond acceptors (Lipinski definition) is 8. The number of phenolic OH excluding ortho intramolecular Hbond substituents is 1. The molecule has 0 aromatic heterocycles. The summed E-state index contributed by atoms with van der Waals surface area (Å²) >= 11 is 1.73. The molecule has 8 unspecified atom stereocenters. The van der Waals surface area contributed by atoms with Crippen LogP contribution in [0.5, 0.6) is 5.75 Å². The average molecular weight is 762 g/mol. The summed E-state index contributed by atoms with van der Waals surface area (Å²) in [6.45, 7) is 17.1. The van der Waals surface area contributed by atoms with Crippen LogP contribution in [0.15, 0.2) is 24.3 Å². The second-order valence-corrected chi connectivity index (χ2v) is 17.4. The Kier molecular flexibility index (Phi) is 18.1. The lowest BCUT2D eigenvalue weighted by atomic mass is 9.68. The number of carbonyl (C=O) groups excluding carboxylic acids is 4. The van der Waals surface area contributed by atoms with E-state index in [4.69, 9.17) is 10.5 Å². The quantitative estimate of drug-likeness (QED) is 0.176. The summed E-state index contributed by atoms with van der Waals surface area (Å²) in [6.07, 6.45) is 2.53. The number of thioether (sulfide) groups is 1. The minimum Gasteiger partial charge on any atom is -0.508 e. The number of aromatic hydroxyl groups is 1. The third-order valence-corrected chi connectivity index (χ3v) is 13.2. The smallest absolute Gasteiger partial charge is 0.239 e. The molecule has 0 saturated carbocycles. The van der Waals surface area contributed by atoms with Crippen molar-refractivity contribution in [1.29, 1.82) is 0 Å². The summed E-state index contributed by atoms with van der Waals surface area (Å²) in [4.78, 5) is 63.4. The van der Waals surface area contributed by atoms with E-state index < -0.39 is 29.5 Å². The number of carbonyl (C=O) groups is 4. The summed E-state index contributed by atoms with van der Waals surface area (Å²) in [6, 6.07) is 6.55. The molecule has 2 rings (SSSR count). The number of benzene rings is 1. The van der Waals surface area contributed by atoms with Crippen molar-refractivity contribution in [2.75, 3.05) is 54.1 Å². The van der Waals surface area contributed by atoms with Gasteiger partial charge in [-0.25, -0.2) is 0 Å². The highest BCUT2D eigenvalue weighted by atomic mass is 32.2. The molecule has 0 spiro atoms. The number of ether oxygens (including phenoxy) is 1. The molecule has 1 aromatic rings. The third kappa shape index (κ3) is 10.7. The SMILES string of the molecule is CCSC(C(C)C(=O)N(C)CCc1cccc(O)c1)C1CCCN1C(=O)CC(OC)C(C(C)CC)N(C)C(=O)C(C(C)C)C(C(N)=O)(C(C)C)N(C)C. The number of likely N-dealkylation sites (N-methyl/N-ethyl adjacent to an activating group) is 3. The van der Waals surface area contributed by atoms with Gasteiger partial charge >= 0.3 is 0 Å². The summed E-state index contributed by atoms with van der Waals surface area (Å²) in [5.74, 6) is -1.23. The van der Waals surface area contributed by atoms with Crippen LogP contribution in [-0.2, 0) is 30.3 Å². The van der Waals surface area contributed by atoms with Crippen molar-refractivity contribution in [3.63, 3.8) is 0 Å². The van der Waals surface area contributed by atoms with E-state index in [2.05, 4.69) is 20.8 Å². The standard InChI is InChI=1S/C41H71N5O6S/c1-14-28(7)36(45(12)39(50)35(26(3)4)41(27(5)6,40(42)51)43(9)10)33(52-13)25-34(48)46-22-17-20-32(46)37(53-15-2)29(8)38(49)44(11)23-21-30-18-16-19-31(47)24-30/h16,18-19,24,26-29,32-33,35-37,47H,14-15,17,20-23,25H2,1-13H3,(H2,42,51). The van der Waals surface area contributed by atoms with Crippen molar-refractivity contribution >= 4 is 35.4 Å². The minimum absolute atomic E-state index is 0.0123. The molecule has 0 bridgehead atoms. The lowest BCUT2D eigenvalue weighted by Crippen LogP contribution is -2.68. The fraction of sp³-hybridized carbons (Fsp3) is 0.756. The predicted octanol–water partition coefficient (Wildman–Crippen LogP) is 5.13. The molecule has 1 aromatic carbocycles. The first-order valence-corrected chi connectivity index (χ1v) is 20.6. The molecular weight excluding hydrogens is 691 g/mol. The zero-order chi connectivity index (χ0) is 40.4. The number of nitrogens with zero attached hydrogens (tertiary/aromatic N) is 4. The second-order valence-electron chi connectivity index (χ2n) is 15.9. The number of primary amides is 1. The highest BCUT2D eigenvalue weighted by Crippen LogP contribution is 2.39. The Hall–Kier alpha value is -2.83.